The van der Waals surface area contributed by atoms with E-state index in [4.69, 9.17) is 0 Å². The molecule has 2 heterocycles. The van der Waals surface area contributed by atoms with Crippen LogP contribution in [-0.2, 0) is 27.9 Å². The van der Waals surface area contributed by atoms with Gasteiger partial charge in [-0.05, 0) is 59.4 Å². The average Bonchev–Trinajstić information content (AvgIpc) is 3.36. The highest BCUT2D eigenvalue weighted by Crippen LogP contribution is 2.30. The van der Waals surface area contributed by atoms with E-state index in [1.165, 1.54) is 13.2 Å². The summed E-state index contributed by atoms with van der Waals surface area (Å²) in [5.74, 6) is -0.653. The molecular formula is C31H32N4O3. The smallest absolute Gasteiger partial charge is 0.330 e. The fraction of sp³-hybridized carbons (Fsp3) is 0.290. The molecule has 1 aliphatic carbocycles. The van der Waals surface area contributed by atoms with Crippen molar-refractivity contribution in [3.8, 4) is 11.1 Å². The second kappa shape index (κ2) is 11.4. The molecule has 0 radical (unpaired) electrons. The minimum atomic E-state index is -0.948. The highest BCUT2D eigenvalue weighted by atomic mass is 16.5. The summed E-state index contributed by atoms with van der Waals surface area (Å²) in [5.41, 5.74) is 5.04. The van der Waals surface area contributed by atoms with Gasteiger partial charge in [0.1, 0.15) is 0 Å². The summed E-state index contributed by atoms with van der Waals surface area (Å²) in [6.45, 7) is -0.948. The lowest BCUT2D eigenvalue weighted by atomic mass is 9.88. The molecule has 0 N–H and O–H groups in total. The quantitative estimate of drug-likeness (QED) is 0.228. The van der Waals surface area contributed by atoms with Crippen molar-refractivity contribution in [3.63, 3.8) is 0 Å². The van der Waals surface area contributed by atoms with Crippen molar-refractivity contribution in [2.45, 2.75) is 38.6 Å². The van der Waals surface area contributed by atoms with Gasteiger partial charge in [-0.25, -0.2) is 4.79 Å². The number of hydrogen-bond acceptors (Lipinski definition) is 5. The first-order chi connectivity index (χ1) is 18.9. The third kappa shape index (κ3) is 5.67. The molecule has 7 nitrogen and oxygen atoms in total. The zero-order valence-corrected chi connectivity index (χ0v) is 21.7. The number of carbonyl (C=O) groups excluding carboxylic acids is 2. The van der Waals surface area contributed by atoms with Crippen molar-refractivity contribution in [2.24, 2.45) is 13.0 Å². The van der Waals surface area contributed by atoms with E-state index >= 15 is 0 Å². The lowest BCUT2D eigenvalue weighted by Crippen LogP contribution is -2.36. The Labute approximate surface area is 224 Å². The number of nitrogens with zero attached hydrogens (tertiary/aromatic N) is 4. The maximum absolute atomic E-state index is 13.8. The van der Waals surface area contributed by atoms with Crippen LogP contribution in [0.1, 0.15) is 44.6 Å². The summed E-state index contributed by atoms with van der Waals surface area (Å²) < 4.78 is 15.7. The molecule has 1 aliphatic rings. The third-order valence-electron chi connectivity index (χ3n) is 7.10. The second-order valence-corrected chi connectivity index (χ2v) is 9.67. The monoisotopic (exact) mass is 509 g/mol. The van der Waals surface area contributed by atoms with Gasteiger partial charge in [0.25, 0.3) is 0 Å². The van der Waals surface area contributed by atoms with Crippen molar-refractivity contribution in [1.82, 2.24) is 14.8 Å². The van der Waals surface area contributed by atoms with Crippen molar-refractivity contribution in [2.75, 3.05) is 12.0 Å². The van der Waals surface area contributed by atoms with E-state index < -0.39 is 12.5 Å². The van der Waals surface area contributed by atoms with Gasteiger partial charge in [0.15, 0.2) is 0 Å². The second-order valence-electron chi connectivity index (χ2n) is 9.67. The minimum absolute atomic E-state index is 0.0586. The topological polar surface area (TPSA) is 77.3 Å². The van der Waals surface area contributed by atoms with Crippen LogP contribution < -0.4 is 4.90 Å². The van der Waals surface area contributed by atoms with Gasteiger partial charge < -0.3 is 9.64 Å². The molecule has 4 aromatic rings. The summed E-state index contributed by atoms with van der Waals surface area (Å²) in [6.07, 6.45) is 12.8. The molecule has 5 rings (SSSR count). The number of carbonyl (C=O) groups is 2. The van der Waals surface area contributed by atoms with E-state index in [1.54, 1.807) is 29.4 Å². The molecule has 1 fully saturated rings. The van der Waals surface area contributed by atoms with Crippen molar-refractivity contribution in [3.05, 3.63) is 84.3 Å². The molecular weight excluding hydrogens is 476 g/mol. The summed E-state index contributed by atoms with van der Waals surface area (Å²) in [4.78, 5) is 31.3. The lowest BCUT2D eigenvalue weighted by molar-refractivity contribution is -0.134. The first kappa shape index (κ1) is 24.1. The zero-order chi connectivity index (χ0) is 27.4. The molecule has 0 aliphatic heterocycles. The van der Waals surface area contributed by atoms with E-state index in [-0.39, 0.29) is 11.8 Å². The van der Waals surface area contributed by atoms with Gasteiger partial charge in [-0.2, -0.15) is 5.10 Å². The molecule has 1 saturated carbocycles. The van der Waals surface area contributed by atoms with Gasteiger partial charge in [-0.15, -0.1) is 0 Å². The van der Waals surface area contributed by atoms with Gasteiger partial charge in [0.05, 0.1) is 38.6 Å². The molecule has 0 bridgehead atoms. The molecule has 1 atom stereocenters. The maximum Gasteiger partial charge on any atom is 0.330 e. The number of benzene rings is 2. The molecule has 1 amide bonds. The lowest BCUT2D eigenvalue weighted by Gasteiger charge is -2.29. The SMILES string of the molecule is [2H]C(c1ccc(-c2ccc3c(cnn3C)c2)cc1)N(C(=O)C1CCCCC1)c1cncc(/C=C/C(=O)OC)c1. The van der Waals surface area contributed by atoms with Crippen molar-refractivity contribution < 1.29 is 15.7 Å². The molecule has 0 saturated heterocycles. The Hall–Kier alpha value is -4.26. The number of methoxy groups -OCH3 is 1. The van der Waals surface area contributed by atoms with Crippen LogP contribution >= 0.6 is 0 Å². The van der Waals surface area contributed by atoms with E-state index in [0.717, 1.165) is 54.1 Å². The average molecular weight is 510 g/mol. The van der Waals surface area contributed by atoms with Crippen LogP contribution in [0.3, 0.4) is 0 Å². The van der Waals surface area contributed by atoms with E-state index in [9.17, 15) is 11.0 Å². The van der Waals surface area contributed by atoms with Gasteiger partial charge >= 0.3 is 5.97 Å². The van der Waals surface area contributed by atoms with E-state index in [2.05, 4.69) is 33.0 Å². The Morgan fingerprint density at radius 2 is 1.82 bits per heavy atom. The van der Waals surface area contributed by atoms with Crippen LogP contribution in [0.15, 0.2) is 73.2 Å². The molecule has 0 spiro atoms. The summed E-state index contributed by atoms with van der Waals surface area (Å²) >= 11 is 0. The number of aryl methyl sites for hydroxylation is 1. The van der Waals surface area contributed by atoms with E-state index in [0.29, 0.717) is 16.8 Å². The van der Waals surface area contributed by atoms with Crippen molar-refractivity contribution in [1.29, 1.82) is 0 Å². The first-order valence-corrected chi connectivity index (χ1v) is 12.9. The zero-order valence-electron chi connectivity index (χ0n) is 22.7. The van der Waals surface area contributed by atoms with Crippen molar-refractivity contribution >= 4 is 34.5 Å². The van der Waals surface area contributed by atoms with Gasteiger partial charge in [0, 0.05) is 30.6 Å². The van der Waals surface area contributed by atoms with Crippen LogP contribution in [0, 0.1) is 5.92 Å². The summed E-state index contributed by atoms with van der Waals surface area (Å²) in [7, 11) is 3.24. The Kier molecular flexibility index (Phi) is 7.24. The molecule has 38 heavy (non-hydrogen) atoms. The van der Waals surface area contributed by atoms with Crippen LogP contribution in [0.4, 0.5) is 5.69 Å². The number of esters is 1. The highest BCUT2D eigenvalue weighted by molar-refractivity contribution is 5.95. The molecule has 2 aromatic carbocycles. The number of fused-ring (bicyclic) bond motifs is 1. The van der Waals surface area contributed by atoms with Gasteiger partial charge in [-0.3, -0.25) is 14.5 Å². The Morgan fingerprint density at radius 3 is 2.58 bits per heavy atom. The summed E-state index contributed by atoms with van der Waals surface area (Å²) in [6, 6.07) is 15.8. The molecule has 194 valence electrons. The van der Waals surface area contributed by atoms with Gasteiger partial charge in [-0.1, -0.05) is 49.6 Å². The Bertz CT molecular complexity index is 1510. The number of rotatable bonds is 7. The maximum atomic E-state index is 13.8. The Morgan fingerprint density at radius 1 is 1.05 bits per heavy atom. The predicted molar refractivity (Wildman–Crippen MR) is 149 cm³/mol. The van der Waals surface area contributed by atoms with Crippen LogP contribution in [0.2, 0.25) is 0 Å². The normalized spacial score (nSPS) is 15.4. The number of aromatic nitrogens is 3. The molecule has 2 aromatic heterocycles. The number of pyridine rings is 1. The Balaban J connectivity index is 1.45. The number of hydrogen-bond donors (Lipinski definition) is 0. The standard InChI is InChI=1S/C31H32N4O3/c1-34-29-14-13-26(17-27(29)19-33-34)24-11-8-22(9-12-24)21-35(31(37)25-6-4-3-5-7-25)28-16-23(18-32-20-28)10-15-30(36)38-2/h8-20,25H,3-7,21H2,1-2H3/b15-10+/i21D. The first-order valence-electron chi connectivity index (χ1n) is 13.5. The fourth-order valence-electron chi connectivity index (χ4n) is 4.97. The van der Waals surface area contributed by atoms with E-state index in [1.807, 2.05) is 42.2 Å². The molecule has 1 unspecified atom stereocenters. The third-order valence-corrected chi connectivity index (χ3v) is 7.10. The van der Waals surface area contributed by atoms with Crippen LogP contribution in [-0.4, -0.2) is 33.8 Å². The number of amides is 1. The predicted octanol–water partition coefficient (Wildman–Crippen LogP) is 5.94. The number of anilines is 1. The van der Waals surface area contributed by atoms with Gasteiger partial charge in [0.2, 0.25) is 5.91 Å². The highest BCUT2D eigenvalue weighted by Gasteiger charge is 2.27. The summed E-state index contributed by atoms with van der Waals surface area (Å²) in [5, 5.41) is 5.39. The largest absolute Gasteiger partial charge is 0.466 e. The minimum Gasteiger partial charge on any atom is -0.466 e. The fourth-order valence-corrected chi connectivity index (χ4v) is 4.97. The molecule has 7 heteroatoms. The number of ether oxygens (including phenoxy) is 1. The van der Waals surface area contributed by atoms with Crippen LogP contribution in [0.25, 0.3) is 28.1 Å². The van der Waals surface area contributed by atoms with Crippen LogP contribution in [0.5, 0.6) is 0 Å².